The van der Waals surface area contributed by atoms with Gasteiger partial charge in [0.25, 0.3) is 0 Å². The van der Waals surface area contributed by atoms with E-state index in [1.165, 1.54) is 0 Å². The number of aromatic nitrogens is 2. The average molecular weight is 183 g/mol. The summed E-state index contributed by atoms with van der Waals surface area (Å²) in [4.78, 5) is 4.70. The number of nitrogens with two attached hydrogens (primary N) is 1. The van der Waals surface area contributed by atoms with Gasteiger partial charge in [-0.2, -0.15) is 5.10 Å². The Morgan fingerprint density at radius 1 is 1.54 bits per heavy atom. The SMILES string of the molecule is CC(C)Cn1cc(C(C)ON)cn1. The summed E-state index contributed by atoms with van der Waals surface area (Å²) in [5, 5.41) is 4.21. The Bertz CT molecular complexity index is 257. The first-order valence-corrected chi connectivity index (χ1v) is 4.51. The lowest BCUT2D eigenvalue weighted by molar-refractivity contribution is 0.0663. The molecule has 0 spiro atoms. The molecule has 1 atom stereocenters. The highest BCUT2D eigenvalue weighted by atomic mass is 16.6. The second-order valence-electron chi connectivity index (χ2n) is 3.67. The van der Waals surface area contributed by atoms with Crippen molar-refractivity contribution in [1.29, 1.82) is 0 Å². The first-order valence-electron chi connectivity index (χ1n) is 4.51. The van der Waals surface area contributed by atoms with Crippen molar-refractivity contribution in [1.82, 2.24) is 9.78 Å². The predicted octanol–water partition coefficient (Wildman–Crippen LogP) is 1.49. The quantitative estimate of drug-likeness (QED) is 0.719. The van der Waals surface area contributed by atoms with Gasteiger partial charge in [-0.25, -0.2) is 5.90 Å². The minimum atomic E-state index is -0.0825. The van der Waals surface area contributed by atoms with Crippen molar-refractivity contribution in [3.05, 3.63) is 18.0 Å². The van der Waals surface area contributed by atoms with E-state index in [-0.39, 0.29) is 6.10 Å². The second-order valence-corrected chi connectivity index (χ2v) is 3.67. The van der Waals surface area contributed by atoms with Gasteiger partial charge in [-0.1, -0.05) is 13.8 Å². The lowest BCUT2D eigenvalue weighted by atomic mass is 10.2. The van der Waals surface area contributed by atoms with Gasteiger partial charge >= 0.3 is 0 Å². The van der Waals surface area contributed by atoms with E-state index in [9.17, 15) is 0 Å². The summed E-state index contributed by atoms with van der Waals surface area (Å²) in [6.07, 6.45) is 3.68. The molecule has 0 aliphatic rings. The van der Waals surface area contributed by atoms with E-state index in [0.717, 1.165) is 12.1 Å². The fourth-order valence-electron chi connectivity index (χ4n) is 1.14. The van der Waals surface area contributed by atoms with Crippen molar-refractivity contribution >= 4 is 0 Å². The molecule has 0 saturated heterocycles. The molecule has 0 saturated carbocycles. The number of hydrogen-bond donors (Lipinski definition) is 1. The van der Waals surface area contributed by atoms with Gasteiger partial charge in [-0.15, -0.1) is 0 Å². The van der Waals surface area contributed by atoms with E-state index >= 15 is 0 Å². The van der Waals surface area contributed by atoms with Gasteiger partial charge in [0.2, 0.25) is 0 Å². The van der Waals surface area contributed by atoms with Crippen molar-refractivity contribution in [2.24, 2.45) is 11.8 Å². The molecule has 1 heterocycles. The van der Waals surface area contributed by atoms with E-state index in [1.54, 1.807) is 6.20 Å². The monoisotopic (exact) mass is 183 g/mol. The van der Waals surface area contributed by atoms with Gasteiger partial charge in [0, 0.05) is 18.3 Å². The Kier molecular flexibility index (Phi) is 3.45. The molecule has 4 nitrogen and oxygen atoms in total. The molecule has 74 valence electrons. The molecule has 0 aromatic carbocycles. The van der Waals surface area contributed by atoms with Crippen molar-refractivity contribution in [2.75, 3.05) is 0 Å². The molecular weight excluding hydrogens is 166 g/mol. The summed E-state index contributed by atoms with van der Waals surface area (Å²) in [6, 6.07) is 0. The maximum atomic E-state index is 5.08. The maximum absolute atomic E-state index is 5.08. The van der Waals surface area contributed by atoms with Crippen LogP contribution in [0.2, 0.25) is 0 Å². The molecule has 0 radical (unpaired) electrons. The van der Waals surface area contributed by atoms with Gasteiger partial charge in [0.1, 0.15) is 6.10 Å². The third-order valence-corrected chi connectivity index (χ3v) is 1.88. The fraction of sp³-hybridized carbons (Fsp3) is 0.667. The van der Waals surface area contributed by atoms with Crippen LogP contribution in [0.5, 0.6) is 0 Å². The zero-order valence-corrected chi connectivity index (χ0v) is 8.40. The molecule has 0 aliphatic heterocycles. The van der Waals surface area contributed by atoms with Gasteiger partial charge in [-0.05, 0) is 12.8 Å². The molecule has 0 aliphatic carbocycles. The molecule has 0 fully saturated rings. The Morgan fingerprint density at radius 3 is 2.77 bits per heavy atom. The third-order valence-electron chi connectivity index (χ3n) is 1.88. The summed E-state index contributed by atoms with van der Waals surface area (Å²) in [5.74, 6) is 5.68. The summed E-state index contributed by atoms with van der Waals surface area (Å²) < 4.78 is 1.91. The summed E-state index contributed by atoms with van der Waals surface area (Å²) in [6.45, 7) is 7.14. The van der Waals surface area contributed by atoms with Gasteiger partial charge in [0.05, 0.1) is 6.20 Å². The average Bonchev–Trinajstić information content (AvgIpc) is 2.50. The van der Waals surface area contributed by atoms with Gasteiger partial charge in [-0.3, -0.25) is 9.52 Å². The Labute approximate surface area is 78.6 Å². The minimum absolute atomic E-state index is 0.0825. The summed E-state index contributed by atoms with van der Waals surface area (Å²) >= 11 is 0. The number of rotatable bonds is 4. The molecule has 1 rings (SSSR count). The van der Waals surface area contributed by atoms with Crippen molar-refractivity contribution in [3.8, 4) is 0 Å². The fourth-order valence-corrected chi connectivity index (χ4v) is 1.14. The van der Waals surface area contributed by atoms with E-state index in [1.807, 2.05) is 17.8 Å². The van der Waals surface area contributed by atoms with Crippen LogP contribution in [0.1, 0.15) is 32.4 Å². The van der Waals surface area contributed by atoms with Crippen molar-refractivity contribution in [2.45, 2.75) is 33.4 Å². The number of hydrogen-bond acceptors (Lipinski definition) is 3. The van der Waals surface area contributed by atoms with Crippen LogP contribution in [0.15, 0.2) is 12.4 Å². The largest absolute Gasteiger partial charge is 0.297 e. The van der Waals surface area contributed by atoms with Gasteiger partial charge < -0.3 is 0 Å². The minimum Gasteiger partial charge on any atom is -0.297 e. The Balaban J connectivity index is 2.63. The molecule has 13 heavy (non-hydrogen) atoms. The number of nitrogens with zero attached hydrogens (tertiary/aromatic N) is 2. The summed E-state index contributed by atoms with van der Waals surface area (Å²) in [5.41, 5.74) is 1.02. The molecule has 0 bridgehead atoms. The first kappa shape index (κ1) is 10.2. The topological polar surface area (TPSA) is 53.1 Å². The highest BCUT2D eigenvalue weighted by Crippen LogP contribution is 2.13. The van der Waals surface area contributed by atoms with Crippen LogP contribution < -0.4 is 5.90 Å². The highest BCUT2D eigenvalue weighted by molar-refractivity contribution is 5.06. The molecular formula is C9H17N3O. The second kappa shape index (κ2) is 4.39. The van der Waals surface area contributed by atoms with Crippen LogP contribution >= 0.6 is 0 Å². The van der Waals surface area contributed by atoms with Crippen molar-refractivity contribution in [3.63, 3.8) is 0 Å². The van der Waals surface area contributed by atoms with Crippen LogP contribution in [-0.2, 0) is 11.4 Å². The standard InChI is InChI=1S/C9H17N3O/c1-7(2)5-12-6-9(4-11-12)8(3)13-10/h4,6-8H,5,10H2,1-3H3. The Morgan fingerprint density at radius 2 is 2.23 bits per heavy atom. The molecule has 1 aromatic heterocycles. The molecule has 2 N–H and O–H groups in total. The third kappa shape index (κ3) is 2.82. The molecule has 1 aromatic rings. The zero-order chi connectivity index (χ0) is 9.84. The smallest absolute Gasteiger partial charge is 0.104 e. The maximum Gasteiger partial charge on any atom is 0.104 e. The van der Waals surface area contributed by atoms with Crippen LogP contribution in [0.4, 0.5) is 0 Å². The zero-order valence-electron chi connectivity index (χ0n) is 8.40. The lowest BCUT2D eigenvalue weighted by Gasteiger charge is -2.05. The van der Waals surface area contributed by atoms with Crippen LogP contribution in [0, 0.1) is 5.92 Å². The van der Waals surface area contributed by atoms with E-state index in [4.69, 9.17) is 10.7 Å². The van der Waals surface area contributed by atoms with E-state index in [0.29, 0.717) is 5.92 Å². The normalized spacial score (nSPS) is 13.6. The van der Waals surface area contributed by atoms with Crippen molar-refractivity contribution < 1.29 is 4.84 Å². The predicted molar refractivity (Wildman–Crippen MR) is 50.8 cm³/mol. The lowest BCUT2D eigenvalue weighted by Crippen LogP contribution is -2.06. The first-order chi connectivity index (χ1) is 6.13. The van der Waals surface area contributed by atoms with Gasteiger partial charge in [0.15, 0.2) is 0 Å². The summed E-state index contributed by atoms with van der Waals surface area (Å²) in [7, 11) is 0. The highest BCUT2D eigenvalue weighted by Gasteiger charge is 2.07. The van der Waals surface area contributed by atoms with Crippen LogP contribution in [-0.4, -0.2) is 9.78 Å². The molecule has 0 amide bonds. The van der Waals surface area contributed by atoms with Crippen LogP contribution in [0.25, 0.3) is 0 Å². The van der Waals surface area contributed by atoms with Crippen LogP contribution in [0.3, 0.4) is 0 Å². The van der Waals surface area contributed by atoms with E-state index in [2.05, 4.69) is 18.9 Å². The Hall–Kier alpha value is -0.870. The van der Waals surface area contributed by atoms with E-state index < -0.39 is 0 Å². The molecule has 4 heteroatoms. The molecule has 1 unspecified atom stereocenters.